The molecule has 0 saturated heterocycles. The summed E-state index contributed by atoms with van der Waals surface area (Å²) in [6.07, 6.45) is 0. The van der Waals surface area contributed by atoms with Crippen molar-refractivity contribution in [2.24, 2.45) is 0 Å². The quantitative estimate of drug-likeness (QED) is 0.166. The van der Waals surface area contributed by atoms with Gasteiger partial charge in [0.25, 0.3) is 0 Å². The fraction of sp³-hybridized carbons (Fsp3) is 0. The van der Waals surface area contributed by atoms with Crippen molar-refractivity contribution in [2.45, 2.75) is 0 Å². The predicted octanol–water partition coefficient (Wildman–Crippen LogP) is 13.3. The normalized spacial score (nSPS) is 11.3. The van der Waals surface area contributed by atoms with Gasteiger partial charge in [-0.15, -0.1) is 0 Å². The van der Waals surface area contributed by atoms with Crippen LogP contribution in [0.3, 0.4) is 0 Å². The van der Waals surface area contributed by atoms with Crippen LogP contribution in [0.5, 0.6) is 0 Å². The van der Waals surface area contributed by atoms with Gasteiger partial charge >= 0.3 is 0 Å². The van der Waals surface area contributed by atoms with Crippen molar-refractivity contribution in [3.05, 3.63) is 199 Å². The first kappa shape index (κ1) is 31.1. The van der Waals surface area contributed by atoms with Gasteiger partial charge in [-0.2, -0.15) is 5.26 Å². The molecule has 0 aliphatic carbocycles. The molecule has 250 valence electrons. The van der Waals surface area contributed by atoms with E-state index in [1.807, 2.05) is 12.1 Å². The minimum atomic E-state index is 0.513. The van der Waals surface area contributed by atoms with Crippen LogP contribution in [0.1, 0.15) is 5.56 Å². The summed E-state index contributed by atoms with van der Waals surface area (Å²) in [6, 6.07) is 65.7. The van der Waals surface area contributed by atoms with Crippen LogP contribution in [0.25, 0.3) is 93.2 Å². The summed E-state index contributed by atoms with van der Waals surface area (Å²) in [7, 11) is 0. The van der Waals surface area contributed by atoms with Crippen molar-refractivity contribution in [1.82, 2.24) is 9.13 Å². The molecule has 10 rings (SSSR count). The van der Waals surface area contributed by atoms with Crippen LogP contribution in [0.2, 0.25) is 0 Å². The molecular weight excluding hydrogens is 657 g/mol. The van der Waals surface area contributed by atoms with Gasteiger partial charge in [-0.25, -0.2) is 4.85 Å². The number of hydrogen-bond acceptors (Lipinski definition) is 1. The molecule has 2 heterocycles. The van der Waals surface area contributed by atoms with Crippen molar-refractivity contribution >= 4 is 49.3 Å². The Morgan fingerprint density at radius 2 is 0.907 bits per heavy atom. The lowest BCUT2D eigenvalue weighted by Gasteiger charge is -2.21. The van der Waals surface area contributed by atoms with E-state index in [0.29, 0.717) is 11.3 Å². The van der Waals surface area contributed by atoms with Gasteiger partial charge < -0.3 is 9.13 Å². The molecule has 10 aromatic rings. The number of para-hydroxylation sites is 5. The number of rotatable bonds is 5. The molecule has 0 atom stereocenters. The van der Waals surface area contributed by atoms with Gasteiger partial charge in [0.15, 0.2) is 5.69 Å². The van der Waals surface area contributed by atoms with Crippen LogP contribution in [0, 0.1) is 17.9 Å². The Labute approximate surface area is 312 Å². The zero-order valence-electron chi connectivity index (χ0n) is 29.1. The topological polar surface area (TPSA) is 38.0 Å². The van der Waals surface area contributed by atoms with Crippen molar-refractivity contribution in [3.63, 3.8) is 0 Å². The average molecular weight is 687 g/mol. The van der Waals surface area contributed by atoms with Crippen molar-refractivity contribution in [3.8, 4) is 50.8 Å². The lowest BCUT2D eigenvalue weighted by molar-refractivity contribution is 1.17. The standard InChI is InChI=1S/C50H30N4/c1-52-43-29-28-33(32-51)30-42(43)34-14-12-15-35(31-34)50-41(21-13-27-49(50)54-46-24-9-4-18-38(46)39-19-5-10-25-47(39)54)40-20-6-11-26-48(40)53-44-22-7-2-16-36(44)37-17-3-8-23-45(37)53/h2-31H. The summed E-state index contributed by atoms with van der Waals surface area (Å²) in [4.78, 5) is 3.84. The van der Waals surface area contributed by atoms with Gasteiger partial charge in [0, 0.05) is 32.7 Å². The first-order valence-electron chi connectivity index (χ1n) is 18.0. The van der Waals surface area contributed by atoms with Gasteiger partial charge in [-0.05, 0) is 70.8 Å². The Bertz CT molecular complexity index is 3090. The Balaban J connectivity index is 1.32. The molecule has 0 spiro atoms. The second-order valence-corrected chi connectivity index (χ2v) is 13.5. The van der Waals surface area contributed by atoms with Gasteiger partial charge in [-0.1, -0.05) is 133 Å². The van der Waals surface area contributed by atoms with E-state index in [1.165, 1.54) is 21.5 Å². The van der Waals surface area contributed by atoms with Crippen LogP contribution in [0.15, 0.2) is 182 Å². The van der Waals surface area contributed by atoms with E-state index in [9.17, 15) is 5.26 Å². The highest BCUT2D eigenvalue weighted by Crippen LogP contribution is 2.45. The summed E-state index contributed by atoms with van der Waals surface area (Å²) >= 11 is 0. The van der Waals surface area contributed by atoms with Crippen LogP contribution < -0.4 is 0 Å². The van der Waals surface area contributed by atoms with Crippen molar-refractivity contribution in [1.29, 1.82) is 5.26 Å². The van der Waals surface area contributed by atoms with Crippen molar-refractivity contribution in [2.75, 3.05) is 0 Å². The zero-order chi connectivity index (χ0) is 36.2. The maximum Gasteiger partial charge on any atom is 0.194 e. The SMILES string of the molecule is [C-]#[N+]c1ccc(C#N)cc1-c1cccc(-c2c(-c3ccccc3-n3c4ccccc4c4ccccc43)cccc2-n2c3ccccc3c3ccccc32)c1. The first-order chi connectivity index (χ1) is 26.7. The molecule has 4 heteroatoms. The highest BCUT2D eigenvalue weighted by molar-refractivity contribution is 6.12. The number of nitrogens with zero attached hydrogens (tertiary/aromatic N) is 4. The monoisotopic (exact) mass is 686 g/mol. The van der Waals surface area contributed by atoms with Gasteiger partial charge in [0.05, 0.1) is 51.6 Å². The van der Waals surface area contributed by atoms with E-state index in [0.717, 1.165) is 66.8 Å². The molecule has 2 aromatic heterocycles. The Kier molecular flexibility index (Phi) is 7.22. The molecule has 8 aromatic carbocycles. The fourth-order valence-corrected chi connectivity index (χ4v) is 8.29. The summed E-state index contributed by atoms with van der Waals surface area (Å²) in [5.74, 6) is 0. The number of hydrogen-bond donors (Lipinski definition) is 0. The van der Waals surface area contributed by atoms with E-state index in [-0.39, 0.29) is 0 Å². The zero-order valence-corrected chi connectivity index (χ0v) is 29.1. The van der Waals surface area contributed by atoms with Crippen LogP contribution in [0.4, 0.5) is 5.69 Å². The van der Waals surface area contributed by atoms with E-state index in [1.54, 1.807) is 12.1 Å². The Hall–Kier alpha value is -7.66. The summed E-state index contributed by atoms with van der Waals surface area (Å²) in [5.41, 5.74) is 13.6. The maximum absolute atomic E-state index is 9.79. The predicted molar refractivity (Wildman–Crippen MR) is 222 cm³/mol. The third-order valence-electron chi connectivity index (χ3n) is 10.6. The van der Waals surface area contributed by atoms with E-state index in [4.69, 9.17) is 6.57 Å². The Morgan fingerprint density at radius 1 is 0.426 bits per heavy atom. The molecule has 54 heavy (non-hydrogen) atoms. The smallest absolute Gasteiger partial charge is 0.194 e. The fourth-order valence-electron chi connectivity index (χ4n) is 8.29. The molecule has 0 unspecified atom stereocenters. The minimum Gasteiger partial charge on any atom is -0.309 e. The molecule has 4 nitrogen and oxygen atoms in total. The second-order valence-electron chi connectivity index (χ2n) is 13.5. The maximum atomic E-state index is 9.79. The average Bonchev–Trinajstić information content (AvgIpc) is 3.76. The molecule has 0 aliphatic heterocycles. The number of nitriles is 1. The first-order valence-corrected chi connectivity index (χ1v) is 18.0. The van der Waals surface area contributed by atoms with Crippen molar-refractivity contribution < 1.29 is 0 Å². The third kappa shape index (κ3) is 4.76. The minimum absolute atomic E-state index is 0.513. The molecule has 0 fully saturated rings. The largest absolute Gasteiger partial charge is 0.309 e. The summed E-state index contributed by atoms with van der Waals surface area (Å²) in [6.45, 7) is 7.95. The van der Waals surface area contributed by atoms with Gasteiger partial charge in [0.1, 0.15) is 0 Å². The van der Waals surface area contributed by atoms with Gasteiger partial charge in [0.2, 0.25) is 0 Å². The number of aromatic nitrogens is 2. The highest BCUT2D eigenvalue weighted by atomic mass is 15.0. The molecule has 0 saturated carbocycles. The number of fused-ring (bicyclic) bond motifs is 6. The second kappa shape index (κ2) is 12.5. The molecule has 0 aliphatic rings. The molecule has 0 bridgehead atoms. The van der Waals surface area contributed by atoms with Crippen LogP contribution in [-0.4, -0.2) is 9.13 Å². The lowest BCUT2D eigenvalue weighted by atomic mass is 9.89. The highest BCUT2D eigenvalue weighted by Gasteiger charge is 2.22. The van der Waals surface area contributed by atoms with Gasteiger partial charge in [-0.3, -0.25) is 0 Å². The summed E-state index contributed by atoms with van der Waals surface area (Å²) in [5, 5.41) is 14.6. The van der Waals surface area contributed by atoms with E-state index < -0.39 is 0 Å². The van der Waals surface area contributed by atoms with E-state index >= 15 is 0 Å². The molecule has 0 N–H and O–H groups in total. The summed E-state index contributed by atoms with van der Waals surface area (Å²) < 4.78 is 4.78. The molecule has 0 amide bonds. The van der Waals surface area contributed by atoms with Crippen LogP contribution >= 0.6 is 0 Å². The molecular formula is C50H30N4. The Morgan fingerprint density at radius 3 is 1.50 bits per heavy atom. The number of benzene rings is 8. The van der Waals surface area contributed by atoms with E-state index in [2.05, 4.69) is 178 Å². The molecule has 0 radical (unpaired) electrons. The van der Waals surface area contributed by atoms with Crippen LogP contribution in [-0.2, 0) is 0 Å². The lowest BCUT2D eigenvalue weighted by Crippen LogP contribution is -2.02. The third-order valence-corrected chi connectivity index (χ3v) is 10.6.